The number of aromatic nitrogens is 4. The van der Waals surface area contributed by atoms with Gasteiger partial charge in [-0.3, -0.25) is 4.68 Å². The van der Waals surface area contributed by atoms with Gasteiger partial charge in [0.25, 0.3) is 0 Å². The average Bonchev–Trinajstić information content (AvgIpc) is 3.15. The largest absolute Gasteiger partial charge is 0.346 e. The lowest BCUT2D eigenvalue weighted by Crippen LogP contribution is -1.84. The summed E-state index contributed by atoms with van der Waals surface area (Å²) in [6.07, 6.45) is 7.57. The first-order chi connectivity index (χ1) is 11.1. The molecule has 1 N–H and O–H groups in total. The molecule has 23 heavy (non-hydrogen) atoms. The molecule has 3 aromatic heterocycles. The van der Waals surface area contributed by atoms with Crippen LogP contribution in [-0.4, -0.2) is 19.7 Å². The maximum absolute atomic E-state index is 6.14. The average molecular weight is 343 g/mol. The van der Waals surface area contributed by atoms with Crippen LogP contribution in [0.25, 0.3) is 33.3 Å². The van der Waals surface area contributed by atoms with Gasteiger partial charge in [0.2, 0.25) is 0 Å². The molecular formula is C17H12Cl2N4. The van der Waals surface area contributed by atoms with Gasteiger partial charge in [0, 0.05) is 47.7 Å². The third-order valence-electron chi connectivity index (χ3n) is 3.80. The molecule has 0 amide bonds. The number of halogens is 2. The molecule has 1 aromatic carbocycles. The molecular weight excluding hydrogens is 331 g/mol. The number of hydrogen-bond donors (Lipinski definition) is 1. The van der Waals surface area contributed by atoms with Gasteiger partial charge in [0.1, 0.15) is 5.65 Å². The molecule has 0 radical (unpaired) electrons. The molecule has 4 aromatic rings. The molecule has 0 saturated heterocycles. The molecule has 0 bridgehead atoms. The first kappa shape index (κ1) is 14.3. The van der Waals surface area contributed by atoms with Crippen molar-refractivity contribution >= 4 is 34.2 Å². The number of hydrogen-bond acceptors (Lipinski definition) is 2. The SMILES string of the molecule is Cn1cc(-c2cnc3[nH]cc(-c4ccc(Cl)c(Cl)c4)c3c2)cn1. The Morgan fingerprint density at radius 2 is 1.87 bits per heavy atom. The van der Waals surface area contributed by atoms with Crippen molar-refractivity contribution in [2.24, 2.45) is 7.05 Å². The fraction of sp³-hybridized carbons (Fsp3) is 0.0588. The van der Waals surface area contributed by atoms with Crippen LogP contribution in [0.4, 0.5) is 0 Å². The minimum absolute atomic E-state index is 0.537. The van der Waals surface area contributed by atoms with Gasteiger partial charge in [-0.05, 0) is 23.8 Å². The number of H-pyrrole nitrogens is 1. The van der Waals surface area contributed by atoms with Crippen molar-refractivity contribution in [1.82, 2.24) is 19.7 Å². The van der Waals surface area contributed by atoms with Gasteiger partial charge in [-0.25, -0.2) is 4.98 Å². The topological polar surface area (TPSA) is 46.5 Å². The highest BCUT2D eigenvalue weighted by Crippen LogP contribution is 2.34. The molecule has 0 saturated carbocycles. The summed E-state index contributed by atoms with van der Waals surface area (Å²) in [6.45, 7) is 0. The van der Waals surface area contributed by atoms with Gasteiger partial charge in [0.15, 0.2) is 0 Å². The molecule has 0 aliphatic heterocycles. The van der Waals surface area contributed by atoms with Crippen LogP contribution in [0, 0.1) is 0 Å². The minimum atomic E-state index is 0.537. The second kappa shape index (κ2) is 5.41. The van der Waals surface area contributed by atoms with E-state index in [-0.39, 0.29) is 0 Å². The fourth-order valence-electron chi connectivity index (χ4n) is 2.63. The van der Waals surface area contributed by atoms with E-state index in [0.29, 0.717) is 10.0 Å². The van der Waals surface area contributed by atoms with Crippen molar-refractivity contribution in [2.45, 2.75) is 0 Å². The highest BCUT2D eigenvalue weighted by Gasteiger charge is 2.11. The van der Waals surface area contributed by atoms with Crippen molar-refractivity contribution in [2.75, 3.05) is 0 Å². The Morgan fingerprint density at radius 1 is 1.00 bits per heavy atom. The van der Waals surface area contributed by atoms with Crippen LogP contribution in [0.3, 0.4) is 0 Å². The summed E-state index contributed by atoms with van der Waals surface area (Å²) in [5.41, 5.74) is 4.92. The Bertz CT molecular complexity index is 1020. The summed E-state index contributed by atoms with van der Waals surface area (Å²) in [5.74, 6) is 0. The predicted molar refractivity (Wildman–Crippen MR) is 93.8 cm³/mol. The van der Waals surface area contributed by atoms with Crippen LogP contribution in [0.15, 0.2) is 49.1 Å². The third-order valence-corrected chi connectivity index (χ3v) is 4.54. The third kappa shape index (κ3) is 2.50. The Morgan fingerprint density at radius 3 is 2.61 bits per heavy atom. The highest BCUT2D eigenvalue weighted by atomic mass is 35.5. The maximum Gasteiger partial charge on any atom is 0.137 e. The Labute approximate surface area is 142 Å². The van der Waals surface area contributed by atoms with Gasteiger partial charge in [-0.15, -0.1) is 0 Å². The van der Waals surface area contributed by atoms with Crippen molar-refractivity contribution in [3.8, 4) is 22.3 Å². The number of fused-ring (bicyclic) bond motifs is 1. The van der Waals surface area contributed by atoms with Crippen LogP contribution >= 0.6 is 23.2 Å². The standard InChI is InChI=1S/C17H12Cl2N4/c1-23-9-12(7-22-23)11-4-13-14(8-21-17(13)20-6-11)10-2-3-15(18)16(19)5-10/h2-9H,1H3,(H,20,21). The lowest BCUT2D eigenvalue weighted by molar-refractivity contribution is 0.768. The molecule has 114 valence electrons. The monoisotopic (exact) mass is 342 g/mol. The molecule has 0 unspecified atom stereocenters. The minimum Gasteiger partial charge on any atom is -0.346 e. The first-order valence-electron chi connectivity index (χ1n) is 7.03. The summed E-state index contributed by atoms with van der Waals surface area (Å²) in [4.78, 5) is 7.70. The van der Waals surface area contributed by atoms with E-state index in [1.165, 1.54) is 0 Å². The zero-order valence-electron chi connectivity index (χ0n) is 12.2. The molecule has 3 heterocycles. The zero-order chi connectivity index (χ0) is 16.0. The van der Waals surface area contributed by atoms with E-state index >= 15 is 0 Å². The van der Waals surface area contributed by atoms with Crippen LogP contribution in [-0.2, 0) is 7.05 Å². The summed E-state index contributed by atoms with van der Waals surface area (Å²) in [6, 6.07) is 7.72. The van der Waals surface area contributed by atoms with Crippen LogP contribution in [0.5, 0.6) is 0 Å². The van der Waals surface area contributed by atoms with Gasteiger partial charge in [-0.2, -0.15) is 5.10 Å². The van der Waals surface area contributed by atoms with Crippen LogP contribution in [0.2, 0.25) is 10.0 Å². The van der Waals surface area contributed by atoms with Crippen molar-refractivity contribution in [3.63, 3.8) is 0 Å². The normalized spacial score (nSPS) is 11.3. The van der Waals surface area contributed by atoms with E-state index in [1.807, 2.05) is 44.0 Å². The molecule has 0 spiro atoms. The summed E-state index contributed by atoms with van der Waals surface area (Å²) < 4.78 is 1.77. The number of rotatable bonds is 2. The van der Waals surface area contributed by atoms with Gasteiger partial charge >= 0.3 is 0 Å². The van der Waals surface area contributed by atoms with Gasteiger partial charge < -0.3 is 4.98 Å². The molecule has 4 rings (SSSR count). The number of aryl methyl sites for hydroxylation is 1. The summed E-state index contributed by atoms with van der Waals surface area (Å²) >= 11 is 12.1. The smallest absolute Gasteiger partial charge is 0.137 e. The number of nitrogens with zero attached hydrogens (tertiary/aromatic N) is 3. The van der Waals surface area contributed by atoms with Crippen molar-refractivity contribution < 1.29 is 0 Å². The lowest BCUT2D eigenvalue weighted by Gasteiger charge is -2.03. The quantitative estimate of drug-likeness (QED) is 0.560. The van der Waals surface area contributed by atoms with Gasteiger partial charge in [-0.1, -0.05) is 29.3 Å². The van der Waals surface area contributed by atoms with E-state index in [1.54, 1.807) is 10.7 Å². The van der Waals surface area contributed by atoms with E-state index in [0.717, 1.165) is 33.3 Å². The second-order valence-corrected chi connectivity index (χ2v) is 6.17. The predicted octanol–water partition coefficient (Wildman–Crippen LogP) is 4.94. The van der Waals surface area contributed by atoms with E-state index in [4.69, 9.17) is 23.2 Å². The van der Waals surface area contributed by atoms with E-state index in [9.17, 15) is 0 Å². The van der Waals surface area contributed by atoms with Gasteiger partial charge in [0.05, 0.1) is 16.2 Å². The number of benzene rings is 1. The second-order valence-electron chi connectivity index (χ2n) is 5.35. The Kier molecular flexibility index (Phi) is 3.36. The zero-order valence-corrected chi connectivity index (χ0v) is 13.7. The molecule has 4 nitrogen and oxygen atoms in total. The van der Waals surface area contributed by atoms with E-state index < -0.39 is 0 Å². The number of aromatic amines is 1. The van der Waals surface area contributed by atoms with E-state index in [2.05, 4.69) is 21.1 Å². The van der Waals surface area contributed by atoms with Crippen LogP contribution < -0.4 is 0 Å². The Hall–Kier alpha value is -2.30. The summed E-state index contributed by atoms with van der Waals surface area (Å²) in [7, 11) is 1.90. The number of nitrogens with one attached hydrogen (secondary N) is 1. The molecule has 0 aliphatic carbocycles. The van der Waals surface area contributed by atoms with Crippen molar-refractivity contribution in [3.05, 3.63) is 59.1 Å². The van der Waals surface area contributed by atoms with Crippen molar-refractivity contribution in [1.29, 1.82) is 0 Å². The summed E-state index contributed by atoms with van der Waals surface area (Å²) in [5, 5.41) is 6.33. The molecule has 0 aliphatic rings. The molecule has 0 atom stereocenters. The molecule has 0 fully saturated rings. The lowest BCUT2D eigenvalue weighted by atomic mass is 10.0. The maximum atomic E-state index is 6.14. The highest BCUT2D eigenvalue weighted by molar-refractivity contribution is 6.42. The first-order valence-corrected chi connectivity index (χ1v) is 7.79. The van der Waals surface area contributed by atoms with Crippen LogP contribution in [0.1, 0.15) is 0 Å². The fourth-order valence-corrected chi connectivity index (χ4v) is 2.93. The number of pyridine rings is 1. The molecule has 6 heteroatoms. The Balaban J connectivity index is 1.89.